The Bertz CT molecular complexity index is 115. The van der Waals surface area contributed by atoms with Crippen LogP contribution in [0.1, 0.15) is 19.3 Å². The van der Waals surface area contributed by atoms with Crippen LogP contribution in [0.2, 0.25) is 0 Å². The molecule has 0 N–H and O–H groups in total. The molecule has 1 radical (unpaired) electrons. The summed E-state index contributed by atoms with van der Waals surface area (Å²) in [5, 5.41) is 0. The molecule has 0 nitrogen and oxygen atoms in total. The van der Waals surface area contributed by atoms with Crippen molar-refractivity contribution in [3.63, 3.8) is 0 Å². The predicted molar refractivity (Wildman–Crippen MR) is 30.2 cm³/mol. The van der Waals surface area contributed by atoms with Gasteiger partial charge in [-0.25, -0.2) is 0 Å². The fourth-order valence-electron chi connectivity index (χ4n) is 0.489. The average molecular weight is 175 g/mol. The van der Waals surface area contributed by atoms with Crippen molar-refractivity contribution in [3.05, 3.63) is 6.92 Å². The Kier molecular flexibility index (Phi) is 3.26. The summed E-state index contributed by atoms with van der Waals surface area (Å²) in [7, 11) is 0. The van der Waals surface area contributed by atoms with E-state index < -0.39 is 18.5 Å². The molecule has 0 aromatic heterocycles. The van der Waals surface area contributed by atoms with Gasteiger partial charge < -0.3 is 0 Å². The maximum Gasteiger partial charge on any atom is 0.453 e. The molecule has 0 atom stereocenters. The number of alkyl halides is 5. The van der Waals surface area contributed by atoms with Crippen LogP contribution in [0.5, 0.6) is 0 Å². The maximum absolute atomic E-state index is 12.0. The Morgan fingerprint density at radius 1 is 1.00 bits per heavy atom. The summed E-state index contributed by atoms with van der Waals surface area (Å²) in [6, 6.07) is 0. The first-order valence-corrected chi connectivity index (χ1v) is 3.05. The van der Waals surface area contributed by atoms with Crippen molar-refractivity contribution in [3.8, 4) is 0 Å². The van der Waals surface area contributed by atoms with E-state index in [1.165, 1.54) is 0 Å². The van der Waals surface area contributed by atoms with Crippen LogP contribution in [-0.2, 0) is 0 Å². The summed E-state index contributed by atoms with van der Waals surface area (Å²) in [6.45, 7) is 3.17. The second-order valence-corrected chi connectivity index (χ2v) is 2.16. The molecule has 0 unspecified atom stereocenters. The van der Waals surface area contributed by atoms with Crippen LogP contribution < -0.4 is 0 Å². The lowest BCUT2D eigenvalue weighted by Gasteiger charge is -2.18. The van der Waals surface area contributed by atoms with E-state index in [0.29, 0.717) is 0 Å². The Morgan fingerprint density at radius 3 is 1.73 bits per heavy atom. The normalized spacial score (nSPS) is 13.6. The quantitative estimate of drug-likeness (QED) is 0.578. The molecule has 0 saturated carbocycles. The van der Waals surface area contributed by atoms with Gasteiger partial charge in [-0.05, 0) is 6.42 Å². The van der Waals surface area contributed by atoms with Crippen molar-refractivity contribution in [1.29, 1.82) is 0 Å². The first kappa shape index (κ1) is 10.7. The zero-order valence-corrected chi connectivity index (χ0v) is 5.72. The average Bonchev–Trinajstić information content (AvgIpc) is 1.81. The molecule has 0 aromatic rings. The fourth-order valence-corrected chi connectivity index (χ4v) is 0.489. The van der Waals surface area contributed by atoms with Crippen LogP contribution in [-0.4, -0.2) is 12.1 Å². The van der Waals surface area contributed by atoms with Gasteiger partial charge >= 0.3 is 12.1 Å². The molecule has 0 fully saturated rings. The first-order valence-electron chi connectivity index (χ1n) is 3.05. The molecule has 0 saturated heterocycles. The van der Waals surface area contributed by atoms with Gasteiger partial charge in [-0.1, -0.05) is 13.3 Å². The van der Waals surface area contributed by atoms with E-state index in [4.69, 9.17) is 0 Å². The molecule has 0 rings (SSSR count). The summed E-state index contributed by atoms with van der Waals surface area (Å²) in [6.07, 6.45) is -6.71. The number of halogens is 5. The van der Waals surface area contributed by atoms with Crippen molar-refractivity contribution in [2.75, 3.05) is 0 Å². The molecule has 0 aliphatic rings. The maximum atomic E-state index is 12.0. The second kappa shape index (κ2) is 3.36. The van der Waals surface area contributed by atoms with Gasteiger partial charge in [0.2, 0.25) is 0 Å². The lowest BCUT2D eigenvalue weighted by molar-refractivity contribution is -0.284. The van der Waals surface area contributed by atoms with Gasteiger partial charge in [0.25, 0.3) is 0 Å². The van der Waals surface area contributed by atoms with Crippen LogP contribution in [0, 0.1) is 6.92 Å². The van der Waals surface area contributed by atoms with E-state index in [1.807, 2.05) is 0 Å². The molecule has 0 amide bonds. The van der Waals surface area contributed by atoms with Gasteiger partial charge in [-0.2, -0.15) is 22.0 Å². The van der Waals surface area contributed by atoms with Crippen LogP contribution >= 0.6 is 0 Å². The molecule has 0 aromatic carbocycles. The van der Waals surface area contributed by atoms with Gasteiger partial charge in [-0.3, -0.25) is 0 Å². The lowest BCUT2D eigenvalue weighted by Crippen LogP contribution is -2.36. The van der Waals surface area contributed by atoms with Crippen LogP contribution in [0.25, 0.3) is 0 Å². The Balaban J connectivity index is 4.00. The third-order valence-corrected chi connectivity index (χ3v) is 1.16. The van der Waals surface area contributed by atoms with E-state index in [-0.39, 0.29) is 12.8 Å². The van der Waals surface area contributed by atoms with Gasteiger partial charge in [0.15, 0.2) is 0 Å². The zero-order chi connectivity index (χ0) is 9.12. The topological polar surface area (TPSA) is 0 Å². The van der Waals surface area contributed by atoms with Gasteiger partial charge in [0, 0.05) is 6.42 Å². The van der Waals surface area contributed by atoms with Crippen molar-refractivity contribution < 1.29 is 22.0 Å². The van der Waals surface area contributed by atoms with Crippen molar-refractivity contribution in [2.24, 2.45) is 0 Å². The third kappa shape index (κ3) is 3.03. The number of rotatable bonds is 3. The Morgan fingerprint density at radius 2 is 1.45 bits per heavy atom. The van der Waals surface area contributed by atoms with Crippen molar-refractivity contribution in [2.45, 2.75) is 31.4 Å². The van der Waals surface area contributed by atoms with E-state index >= 15 is 0 Å². The summed E-state index contributed by atoms with van der Waals surface area (Å²) in [5.74, 6) is -4.55. The minimum Gasteiger partial charge on any atom is -0.196 e. The fraction of sp³-hybridized carbons (Fsp3) is 0.833. The minimum absolute atomic E-state index is 0.0890. The van der Waals surface area contributed by atoms with Crippen LogP contribution in [0.3, 0.4) is 0 Å². The SMILES string of the molecule is [CH2]CCCC(F)(F)C(F)(F)F. The molecule has 0 aliphatic carbocycles. The monoisotopic (exact) mass is 175 g/mol. The van der Waals surface area contributed by atoms with Crippen molar-refractivity contribution in [1.82, 2.24) is 0 Å². The predicted octanol–water partition coefficient (Wildman–Crippen LogP) is 3.19. The molecular formula is C6H8F5. The Labute approximate surface area is 61.4 Å². The molecule has 67 valence electrons. The molecule has 5 heteroatoms. The van der Waals surface area contributed by atoms with E-state index in [2.05, 4.69) is 6.92 Å². The zero-order valence-electron chi connectivity index (χ0n) is 5.72. The number of hydrogen-bond donors (Lipinski definition) is 0. The highest BCUT2D eigenvalue weighted by atomic mass is 19.4. The summed E-state index contributed by atoms with van der Waals surface area (Å²) >= 11 is 0. The van der Waals surface area contributed by atoms with Gasteiger partial charge in [0.1, 0.15) is 0 Å². The van der Waals surface area contributed by atoms with Crippen LogP contribution in [0.4, 0.5) is 22.0 Å². The second-order valence-electron chi connectivity index (χ2n) is 2.16. The molecule has 11 heavy (non-hydrogen) atoms. The Hall–Kier alpha value is -0.350. The van der Waals surface area contributed by atoms with Crippen molar-refractivity contribution >= 4 is 0 Å². The first-order chi connectivity index (χ1) is 4.81. The highest BCUT2D eigenvalue weighted by Gasteiger charge is 2.56. The summed E-state index contributed by atoms with van der Waals surface area (Å²) < 4.78 is 58.1. The largest absolute Gasteiger partial charge is 0.453 e. The summed E-state index contributed by atoms with van der Waals surface area (Å²) in [4.78, 5) is 0. The molecule has 0 spiro atoms. The van der Waals surface area contributed by atoms with Gasteiger partial charge in [0.05, 0.1) is 0 Å². The third-order valence-electron chi connectivity index (χ3n) is 1.16. The molecule has 0 heterocycles. The van der Waals surface area contributed by atoms with E-state index in [9.17, 15) is 22.0 Å². The highest BCUT2D eigenvalue weighted by Crippen LogP contribution is 2.38. The molecular weight excluding hydrogens is 167 g/mol. The van der Waals surface area contributed by atoms with Crippen LogP contribution in [0.15, 0.2) is 0 Å². The lowest BCUT2D eigenvalue weighted by atomic mass is 10.1. The number of unbranched alkanes of at least 4 members (excludes halogenated alkanes) is 1. The standard InChI is InChI=1S/C6H8F5/c1-2-3-4-5(7,8)6(9,10)11/h1-4H2. The minimum atomic E-state index is -5.41. The molecule has 0 aliphatic heterocycles. The molecule has 0 bridgehead atoms. The smallest absolute Gasteiger partial charge is 0.196 e. The highest BCUT2D eigenvalue weighted by molar-refractivity contribution is 4.75. The summed E-state index contributed by atoms with van der Waals surface area (Å²) in [5.41, 5.74) is 0. The van der Waals surface area contributed by atoms with E-state index in [0.717, 1.165) is 0 Å². The van der Waals surface area contributed by atoms with Gasteiger partial charge in [-0.15, -0.1) is 0 Å². The number of hydrogen-bond acceptors (Lipinski definition) is 0. The van der Waals surface area contributed by atoms with E-state index in [1.54, 1.807) is 0 Å².